The maximum absolute atomic E-state index is 12.4. The summed E-state index contributed by atoms with van der Waals surface area (Å²) < 4.78 is 44.9. The minimum absolute atomic E-state index is 0.295. The van der Waals surface area contributed by atoms with Crippen LogP contribution in [-0.4, -0.2) is 25.7 Å². The highest BCUT2D eigenvalue weighted by Crippen LogP contribution is 2.30. The number of hydrogen-bond donors (Lipinski definition) is 1. The average molecular weight is 387 g/mol. The molecule has 4 rings (SSSR count). The molecule has 0 aliphatic rings. The van der Waals surface area contributed by atoms with Gasteiger partial charge in [-0.1, -0.05) is 6.07 Å². The molecular formula is C19H16F3N5O. The van der Waals surface area contributed by atoms with Gasteiger partial charge in [0.25, 0.3) is 0 Å². The van der Waals surface area contributed by atoms with Gasteiger partial charge in [0.05, 0.1) is 17.4 Å². The second-order valence-corrected chi connectivity index (χ2v) is 6.32. The van der Waals surface area contributed by atoms with Crippen LogP contribution in [0, 0.1) is 0 Å². The van der Waals surface area contributed by atoms with Crippen molar-refractivity contribution in [3.63, 3.8) is 0 Å². The monoisotopic (exact) mass is 387 g/mol. The molecule has 0 atom stereocenters. The first-order valence-corrected chi connectivity index (χ1v) is 8.36. The minimum atomic E-state index is -4.73. The molecule has 144 valence electrons. The molecule has 3 aromatic heterocycles. The summed E-state index contributed by atoms with van der Waals surface area (Å²) in [5.41, 5.74) is 3.34. The molecule has 28 heavy (non-hydrogen) atoms. The summed E-state index contributed by atoms with van der Waals surface area (Å²) in [6.45, 7) is 0. The number of aromatic nitrogens is 4. The zero-order chi connectivity index (χ0) is 19.9. The van der Waals surface area contributed by atoms with E-state index in [9.17, 15) is 13.2 Å². The number of hydrogen-bond acceptors (Lipinski definition) is 4. The Bertz CT molecular complexity index is 1150. The molecule has 1 aromatic carbocycles. The summed E-state index contributed by atoms with van der Waals surface area (Å²) in [7, 11) is 3.79. The van der Waals surface area contributed by atoms with Crippen molar-refractivity contribution in [2.24, 2.45) is 14.1 Å². The maximum atomic E-state index is 12.4. The van der Waals surface area contributed by atoms with Gasteiger partial charge in [-0.25, -0.2) is 4.98 Å². The van der Waals surface area contributed by atoms with Crippen molar-refractivity contribution in [1.29, 1.82) is 0 Å². The summed E-state index contributed by atoms with van der Waals surface area (Å²) in [5.74, 6) is 0.215. The molecule has 0 fully saturated rings. The van der Waals surface area contributed by atoms with E-state index >= 15 is 0 Å². The number of nitrogens with one attached hydrogen (secondary N) is 1. The fourth-order valence-corrected chi connectivity index (χ4v) is 3.05. The van der Waals surface area contributed by atoms with Crippen LogP contribution in [0.2, 0.25) is 0 Å². The van der Waals surface area contributed by atoms with E-state index in [-0.39, 0.29) is 5.75 Å². The minimum Gasteiger partial charge on any atom is -0.406 e. The number of aryl methyl sites for hydroxylation is 2. The van der Waals surface area contributed by atoms with Crippen LogP contribution >= 0.6 is 0 Å². The molecule has 3 heterocycles. The third-order valence-corrected chi connectivity index (χ3v) is 4.27. The van der Waals surface area contributed by atoms with Crippen LogP contribution in [0.25, 0.3) is 22.2 Å². The van der Waals surface area contributed by atoms with E-state index in [1.165, 1.54) is 18.2 Å². The second-order valence-electron chi connectivity index (χ2n) is 6.32. The molecule has 0 radical (unpaired) electrons. The number of anilines is 2. The fourth-order valence-electron chi connectivity index (χ4n) is 3.05. The number of rotatable bonds is 4. The number of fused-ring (bicyclic) bond motifs is 1. The van der Waals surface area contributed by atoms with Gasteiger partial charge >= 0.3 is 6.36 Å². The van der Waals surface area contributed by atoms with Crippen LogP contribution in [0.3, 0.4) is 0 Å². The number of nitrogens with zero attached hydrogens (tertiary/aromatic N) is 4. The number of alkyl halides is 3. The van der Waals surface area contributed by atoms with Crippen molar-refractivity contribution in [3.05, 3.63) is 55.0 Å². The molecule has 0 aliphatic carbocycles. The molecule has 0 spiro atoms. The highest BCUT2D eigenvalue weighted by atomic mass is 19.4. The molecule has 0 saturated carbocycles. The first-order chi connectivity index (χ1) is 13.3. The van der Waals surface area contributed by atoms with E-state index < -0.39 is 6.36 Å². The van der Waals surface area contributed by atoms with Gasteiger partial charge < -0.3 is 14.6 Å². The molecule has 1 N–H and O–H groups in total. The van der Waals surface area contributed by atoms with Crippen LogP contribution in [0.4, 0.5) is 24.7 Å². The van der Waals surface area contributed by atoms with E-state index in [2.05, 4.69) is 20.1 Å². The Kier molecular flexibility index (Phi) is 4.21. The summed E-state index contributed by atoms with van der Waals surface area (Å²) in [6, 6.07) is 9.48. The van der Waals surface area contributed by atoms with Crippen molar-refractivity contribution in [1.82, 2.24) is 19.3 Å². The third kappa shape index (κ3) is 3.64. The highest BCUT2D eigenvalue weighted by molar-refractivity contribution is 5.88. The largest absolute Gasteiger partial charge is 0.573 e. The Balaban J connectivity index is 1.64. The fraction of sp³-hybridized carbons (Fsp3) is 0.158. The lowest BCUT2D eigenvalue weighted by molar-refractivity contribution is -0.274. The van der Waals surface area contributed by atoms with Crippen LogP contribution in [0.1, 0.15) is 0 Å². The molecule has 4 aromatic rings. The molecule has 0 amide bonds. The van der Waals surface area contributed by atoms with Gasteiger partial charge in [0.2, 0.25) is 0 Å². The second kappa shape index (κ2) is 6.59. The first-order valence-electron chi connectivity index (χ1n) is 8.36. The zero-order valence-corrected chi connectivity index (χ0v) is 15.0. The van der Waals surface area contributed by atoms with E-state index in [0.717, 1.165) is 22.2 Å². The van der Waals surface area contributed by atoms with Crippen LogP contribution in [-0.2, 0) is 14.1 Å². The molecule has 0 unspecified atom stereocenters. The number of halogens is 3. The van der Waals surface area contributed by atoms with Gasteiger partial charge in [0, 0.05) is 55.3 Å². The molecule has 9 heteroatoms. The van der Waals surface area contributed by atoms with E-state index in [1.807, 2.05) is 37.0 Å². The lowest BCUT2D eigenvalue weighted by atomic mass is 10.2. The summed E-state index contributed by atoms with van der Waals surface area (Å²) in [6.07, 6.45) is 0.690. The number of ether oxygens (including phenoxy) is 1. The van der Waals surface area contributed by atoms with Gasteiger partial charge in [-0.2, -0.15) is 5.10 Å². The molecule has 6 nitrogen and oxygen atoms in total. The Morgan fingerprint density at radius 2 is 1.89 bits per heavy atom. The Morgan fingerprint density at radius 3 is 2.61 bits per heavy atom. The Hall–Kier alpha value is -3.49. The lowest BCUT2D eigenvalue weighted by Gasteiger charge is -2.11. The molecule has 0 saturated heterocycles. The van der Waals surface area contributed by atoms with Gasteiger partial charge in [-0.3, -0.25) is 4.68 Å². The number of benzene rings is 1. The van der Waals surface area contributed by atoms with Crippen LogP contribution < -0.4 is 10.1 Å². The van der Waals surface area contributed by atoms with Crippen molar-refractivity contribution in [3.8, 4) is 17.0 Å². The SMILES string of the molecule is Cn1cc(-c2cc3cnc(Nc4cccc(OC(F)(F)F)c4)cc3n2C)cn1. The highest BCUT2D eigenvalue weighted by Gasteiger charge is 2.31. The van der Waals surface area contributed by atoms with Crippen molar-refractivity contribution in [2.45, 2.75) is 6.36 Å². The third-order valence-electron chi connectivity index (χ3n) is 4.27. The smallest absolute Gasteiger partial charge is 0.406 e. The van der Waals surface area contributed by atoms with Crippen molar-refractivity contribution >= 4 is 22.4 Å². The normalized spacial score (nSPS) is 11.8. The summed E-state index contributed by atoms with van der Waals surface area (Å²) >= 11 is 0. The lowest BCUT2D eigenvalue weighted by Crippen LogP contribution is -2.17. The molecule has 0 aliphatic heterocycles. The molecule has 0 bridgehead atoms. The standard InChI is InChI=1S/C19H16F3N5O/c1-26-11-13(10-24-26)16-6-12-9-23-18(8-17(12)27(16)2)25-14-4-3-5-15(7-14)28-19(20,21)22/h3-11H,1-2H3,(H,23,25). The molecular weight excluding hydrogens is 371 g/mol. The predicted molar refractivity (Wildman–Crippen MR) is 99.3 cm³/mol. The zero-order valence-electron chi connectivity index (χ0n) is 15.0. The van der Waals surface area contributed by atoms with Crippen LogP contribution in [0.5, 0.6) is 5.75 Å². The Labute approximate surface area is 158 Å². The number of pyridine rings is 1. The summed E-state index contributed by atoms with van der Waals surface area (Å²) in [5, 5.41) is 8.15. The van der Waals surface area contributed by atoms with Crippen LogP contribution in [0.15, 0.2) is 55.0 Å². The van der Waals surface area contributed by atoms with Crippen molar-refractivity contribution in [2.75, 3.05) is 5.32 Å². The topological polar surface area (TPSA) is 56.9 Å². The van der Waals surface area contributed by atoms with Gasteiger partial charge in [-0.15, -0.1) is 13.2 Å². The predicted octanol–water partition coefficient (Wildman–Crippen LogP) is 4.62. The van der Waals surface area contributed by atoms with Gasteiger partial charge in [-0.05, 0) is 18.2 Å². The van der Waals surface area contributed by atoms with Gasteiger partial charge in [0.1, 0.15) is 11.6 Å². The van der Waals surface area contributed by atoms with Gasteiger partial charge in [0.15, 0.2) is 0 Å². The average Bonchev–Trinajstić information content (AvgIpc) is 3.18. The first kappa shape index (κ1) is 17.9. The summed E-state index contributed by atoms with van der Waals surface area (Å²) in [4.78, 5) is 4.35. The maximum Gasteiger partial charge on any atom is 0.573 e. The Morgan fingerprint density at radius 1 is 1.07 bits per heavy atom. The van der Waals surface area contributed by atoms with E-state index in [1.54, 1.807) is 23.1 Å². The van der Waals surface area contributed by atoms with E-state index in [4.69, 9.17) is 0 Å². The quantitative estimate of drug-likeness (QED) is 0.555. The van der Waals surface area contributed by atoms with E-state index in [0.29, 0.717) is 11.5 Å². The van der Waals surface area contributed by atoms with Crippen molar-refractivity contribution < 1.29 is 17.9 Å².